The Morgan fingerprint density at radius 3 is 1.44 bits per heavy atom. The van der Waals surface area contributed by atoms with Crippen molar-refractivity contribution >= 4 is 235 Å². The molecule has 3 N–H and O–H groups in total. The van der Waals surface area contributed by atoms with E-state index in [9.17, 15) is 20.5 Å². The number of hydrogen-bond acceptors (Lipinski definition) is 23. The number of aryl methyl sites for hydroxylation is 10. The summed E-state index contributed by atoms with van der Waals surface area (Å²) in [5.41, 5.74) is 29.2. The van der Waals surface area contributed by atoms with Crippen molar-refractivity contribution in [2.45, 2.75) is 336 Å². The van der Waals surface area contributed by atoms with Crippen molar-refractivity contribution in [3.63, 3.8) is 0 Å². The minimum atomic E-state index is -0.476. The van der Waals surface area contributed by atoms with Gasteiger partial charge in [0.2, 0.25) is 5.69 Å². The van der Waals surface area contributed by atoms with Gasteiger partial charge in [-0.2, -0.15) is 9.46 Å². The molecule has 7 aliphatic carbocycles. The van der Waals surface area contributed by atoms with Gasteiger partial charge in [-0.05, 0) is 365 Å². The van der Waals surface area contributed by atoms with Crippen molar-refractivity contribution in [2.24, 2.45) is 0 Å². The van der Waals surface area contributed by atoms with Crippen LogP contribution in [0.5, 0.6) is 5.75 Å². The van der Waals surface area contributed by atoms with Crippen LogP contribution in [-0.2, 0) is 257 Å². The summed E-state index contributed by atoms with van der Waals surface area (Å²) in [5.74, 6) is 4.08. The molecular weight excluding hydrogens is 2360 g/mol. The summed E-state index contributed by atoms with van der Waals surface area (Å²) in [6, 6.07) is 21.7. The predicted octanol–water partition coefficient (Wildman–Crippen LogP) is 22.6. The maximum Gasteiger partial charge on any atom is 0.495 e. The van der Waals surface area contributed by atoms with E-state index in [0.29, 0.717) is 24.1 Å². The molecule has 3 fully saturated rings. The zero-order valence-corrected chi connectivity index (χ0v) is 106. The molecule has 0 bridgehead atoms. The molecule has 10 aromatic heterocycles. The number of methoxy groups -OCH3 is 1. The third kappa shape index (κ3) is 35.2. The fourth-order valence-corrected chi connectivity index (χ4v) is 43.7. The van der Waals surface area contributed by atoms with E-state index in [2.05, 4.69) is 131 Å². The first-order valence-corrected chi connectivity index (χ1v) is 68.5. The second-order valence-corrected chi connectivity index (χ2v) is 60.9. The SMILES string of the molecule is Brc1ccnc2c1CCCC2.C.CBr.CC(Cl)Cl.CC1(C)OB(B2OC(C)(C)C(C)(C)O2)OC1(C)C.CC1(C)OB(c2ccnc3c2CCCC3)OC1(C)C.COc1cc2c(cc1-c1c(C)noc1C)[nH]c1nc(C)nc(-c3ccnc4c3CCCC4)c12.Nc1ccnc2c1CCCC2.O=[N+]([O-])c1cc[n+]([O-])c2c1CCCC2.S=S=S=S=S=S=S=S=S=S=S=S=S.[CH3-].[O-][n+]1cccc2c1CCCC2.[Zn].c1cnc2c(c1)CCCC2. The Morgan fingerprint density at radius 2 is 0.933 bits per heavy atom. The molecule has 46 heteroatoms. The summed E-state index contributed by atoms with van der Waals surface area (Å²) in [4.78, 5) is 45.4. The van der Waals surface area contributed by atoms with Crippen molar-refractivity contribution in [3.8, 4) is 28.1 Å². The molecule has 0 radical (unpaired) electrons. The number of fused-ring (bicyclic) bond motifs is 10. The maximum atomic E-state index is 11.3. The van der Waals surface area contributed by atoms with E-state index in [1.54, 1.807) is 106 Å². The van der Waals surface area contributed by atoms with E-state index in [1.807, 2.05) is 131 Å². The van der Waals surface area contributed by atoms with Gasteiger partial charge in [0, 0.05) is 256 Å². The number of nitrogens with two attached hydrogens (primary N) is 1. The van der Waals surface area contributed by atoms with Crippen LogP contribution >= 0.6 is 55.1 Å². The fourth-order valence-electron chi connectivity index (χ4n) is 18.5. The van der Waals surface area contributed by atoms with Crippen LogP contribution in [0, 0.1) is 48.7 Å². The Bertz CT molecular complexity index is 6630. The minimum Gasteiger partial charge on any atom is -0.618 e. The second kappa shape index (κ2) is 61.8. The van der Waals surface area contributed by atoms with Crippen LogP contribution in [0.1, 0.15) is 283 Å². The van der Waals surface area contributed by atoms with E-state index < -0.39 is 18.9 Å². The summed E-state index contributed by atoms with van der Waals surface area (Å²) >= 11 is 26.0. The van der Waals surface area contributed by atoms with Gasteiger partial charge >= 0.3 is 21.1 Å². The Balaban J connectivity index is 0.000000208. The molecule has 21 rings (SSSR count). The van der Waals surface area contributed by atoms with Gasteiger partial charge in [-0.3, -0.25) is 35.0 Å². The maximum absolute atomic E-state index is 11.3. The van der Waals surface area contributed by atoms with E-state index >= 15 is 0 Å². The molecule has 806 valence electrons. The smallest absolute Gasteiger partial charge is 0.495 e. The number of nitrogens with zero attached hydrogens (tertiary/aromatic N) is 11. The number of nitro groups is 1. The number of benzene rings is 1. The Kier molecular flexibility index (Phi) is 53.5. The third-order valence-corrected chi connectivity index (χ3v) is 50.9. The number of aromatic amines is 1. The number of rotatable bonds is 6. The van der Waals surface area contributed by atoms with Crippen LogP contribution in [-0.4, -0.2) is 122 Å². The van der Waals surface area contributed by atoms with Crippen LogP contribution in [0.2, 0.25) is 0 Å². The van der Waals surface area contributed by atoms with Gasteiger partial charge in [0.15, 0.2) is 18.1 Å². The summed E-state index contributed by atoms with van der Waals surface area (Å²) in [5, 5.41) is 39.4. The molecule has 0 amide bonds. The van der Waals surface area contributed by atoms with E-state index in [1.165, 1.54) is 198 Å². The number of hydrogen-bond donors (Lipinski definition) is 2. The number of aromatic nitrogens is 11. The number of nitrogens with one attached hydrogen (secondary N) is 1. The summed E-state index contributed by atoms with van der Waals surface area (Å²) < 4.78 is 50.4. The standard InChI is InChI=1S/C26H25N5O2.C15H22BNO2.C12H24B2O4.C9H10BrN.C9H10N2O3.C9H12N2.C9H11NO.C9H11N.C2H4Cl2.CH3Br.CH4.CH3.S13.Zn/c1-13-23(14(2)33-31-13)19-11-21-18(12-22(19)32-4)24-25(28-15(3)29-26(24)30-21)17-9-10-27-20-8-6-5-7-16(17)20;1-14(2)15(3,4)19-16(18-14)12-9-10-17-13-8-6-5-7-11(12)13;1-9(2)10(3,4)16-13(15-9)14-17-11(5,6)12(7,8)18-14;10-8-5-6-11-9-4-2-1-3-7(8)9;12-10-6-5-9(11(13)14)7-3-1-2-4-8(7)10;10-8-5-6-11-9-4-2-1-3-7(8)9;11-10-7-3-5-8-4-1-2-6-9(8)10;1-2-6-9-8(4-1)5-3-7-10-9;1-2(3)4;1-2;;;1-3-5-7-9-11-13-12-10-8-6-4-2;/h9-12H,5-8H2,1-4H3,(H,28,29,30);9-10H,5-8H2,1-4H3;1-8H3;5-6H,1-4H2;5-6H,1-4H2;5-6H,1-4H2,(H2,10,11);3,5,7H,1-2,4,6H2;3,5,7H,1-2,4,6H2;2H,1H3;1H3;1H4;1H3;;/q;;;;;;;;;;;-1;;. The number of pyridine rings is 7. The number of H-pyrrole nitrogens is 1. The van der Waals surface area contributed by atoms with Crippen LogP contribution in [0.3, 0.4) is 0 Å². The molecule has 0 spiro atoms. The van der Waals surface area contributed by atoms with Crippen LogP contribution in [0.15, 0.2) is 119 Å². The van der Waals surface area contributed by atoms with Gasteiger partial charge in [-0.15, -0.1) is 23.2 Å². The molecule has 1 aromatic carbocycles. The number of alkyl halides is 3. The topological polar surface area (TPSA) is 320 Å². The molecule has 3 aliphatic heterocycles. The Labute approximate surface area is 962 Å². The van der Waals surface area contributed by atoms with E-state index in [4.69, 9.17) is 98.5 Å². The third-order valence-electron chi connectivity index (χ3n) is 27.9. The molecule has 0 unspecified atom stereocenters. The fraction of sp³-hybridized carbons (Fsp3) is 0.524. The molecule has 25 nitrogen and oxygen atoms in total. The van der Waals surface area contributed by atoms with Gasteiger partial charge < -0.3 is 65.7 Å². The predicted molar refractivity (Wildman–Crippen MR) is 647 cm³/mol. The van der Waals surface area contributed by atoms with Gasteiger partial charge in [0.25, 0.3) is 5.69 Å². The Hall–Kier alpha value is -5.06. The summed E-state index contributed by atoms with van der Waals surface area (Å²) in [6.07, 6.45) is 43.8. The average molecular weight is 2500 g/mol. The normalized spacial score (nSPS) is 16.9. The van der Waals surface area contributed by atoms with Gasteiger partial charge in [0.05, 0.1) is 79.6 Å². The second-order valence-electron chi connectivity index (χ2n) is 39.1. The van der Waals surface area contributed by atoms with Gasteiger partial charge in [-0.1, -0.05) is 50.5 Å². The first-order chi connectivity index (χ1) is 69.8. The molecule has 149 heavy (non-hydrogen) atoms. The minimum absolute atomic E-state index is 0. The molecular formula is C103H139B3Br2Cl2N13O12S13Zn-. The van der Waals surface area contributed by atoms with Gasteiger partial charge in [0.1, 0.15) is 27.8 Å². The van der Waals surface area contributed by atoms with Crippen molar-refractivity contribution < 1.29 is 71.0 Å². The van der Waals surface area contributed by atoms with Gasteiger partial charge in [-0.25, -0.2) is 9.97 Å². The zero-order chi connectivity index (χ0) is 106. The summed E-state index contributed by atoms with van der Waals surface area (Å²) in [7, 11) is 18.6. The number of ether oxygens (including phenoxy) is 1. The molecule has 0 saturated carbocycles. The molecule has 11 aromatic rings. The first-order valence-electron chi connectivity index (χ1n) is 49.2. The number of halogens is 4. The van der Waals surface area contributed by atoms with Crippen molar-refractivity contribution in [1.29, 1.82) is 0 Å². The number of nitrogen functional groups attached to an aromatic ring is 1. The molecule has 0 atom stereocenters. The largest absolute Gasteiger partial charge is 0.618 e. The first kappa shape index (κ1) is 129. The van der Waals surface area contributed by atoms with E-state index in [0.717, 1.165) is 159 Å². The zero-order valence-electron chi connectivity index (χ0n) is 87.9. The van der Waals surface area contributed by atoms with Crippen molar-refractivity contribution in [2.75, 3.05) is 18.7 Å². The quantitative estimate of drug-likeness (QED) is 0.0297. The Morgan fingerprint density at radius 1 is 0.510 bits per heavy atom. The molecule has 10 aliphatic rings. The molecule has 13 heterocycles. The van der Waals surface area contributed by atoms with Crippen molar-refractivity contribution in [3.05, 3.63) is 239 Å². The van der Waals surface area contributed by atoms with E-state index in [-0.39, 0.29) is 85.6 Å². The van der Waals surface area contributed by atoms with Crippen LogP contribution < -0.4 is 25.4 Å². The van der Waals surface area contributed by atoms with Crippen LogP contribution in [0.4, 0.5) is 11.4 Å². The number of anilines is 1. The monoisotopic (exact) mass is 2490 g/mol. The van der Waals surface area contributed by atoms with Crippen molar-refractivity contribution in [1.82, 2.24) is 45.0 Å². The van der Waals surface area contributed by atoms with Crippen LogP contribution in [0.25, 0.3) is 44.3 Å². The average Bonchev–Trinajstić information content (AvgIpc) is 1.60. The summed E-state index contributed by atoms with van der Waals surface area (Å²) in [6.45, 7) is 32.1. The molecule has 3 saturated heterocycles.